The molecule has 0 saturated heterocycles. The van der Waals surface area contributed by atoms with E-state index in [1.165, 1.54) is 5.69 Å². The fourth-order valence-electron chi connectivity index (χ4n) is 1.81. The zero-order valence-electron chi connectivity index (χ0n) is 11.2. The van der Waals surface area contributed by atoms with Crippen molar-refractivity contribution in [3.8, 4) is 0 Å². The van der Waals surface area contributed by atoms with Gasteiger partial charge in [-0.3, -0.25) is 4.99 Å². The lowest BCUT2D eigenvalue weighted by atomic mass is 10.3. The first-order valence-electron chi connectivity index (χ1n) is 6.17. The predicted molar refractivity (Wildman–Crippen MR) is 78.1 cm³/mol. The molecule has 1 aromatic heterocycles. The molecule has 0 fully saturated rings. The van der Waals surface area contributed by atoms with Crippen molar-refractivity contribution in [2.75, 3.05) is 19.0 Å². The van der Waals surface area contributed by atoms with Gasteiger partial charge in [-0.25, -0.2) is 0 Å². The lowest BCUT2D eigenvalue weighted by Crippen LogP contribution is -2.07. The second kappa shape index (κ2) is 5.54. The SMILES string of the molecule is CCn1cccc1C=Nc1ccc(N(C)C)cc1. The number of aliphatic imine (C=N–C) groups is 1. The second-order valence-electron chi connectivity index (χ2n) is 4.39. The average molecular weight is 241 g/mol. The molecule has 0 saturated carbocycles. The summed E-state index contributed by atoms with van der Waals surface area (Å²) in [6, 6.07) is 12.3. The maximum atomic E-state index is 4.49. The molecule has 1 heterocycles. The van der Waals surface area contributed by atoms with E-state index in [-0.39, 0.29) is 0 Å². The van der Waals surface area contributed by atoms with Crippen LogP contribution in [-0.2, 0) is 6.54 Å². The molecule has 0 radical (unpaired) electrons. The summed E-state index contributed by atoms with van der Waals surface area (Å²) in [6.07, 6.45) is 3.98. The topological polar surface area (TPSA) is 20.5 Å². The number of rotatable bonds is 4. The Balaban J connectivity index is 2.14. The van der Waals surface area contributed by atoms with Gasteiger partial charge >= 0.3 is 0 Å². The van der Waals surface area contributed by atoms with Gasteiger partial charge in [-0.2, -0.15) is 0 Å². The number of aryl methyl sites for hydroxylation is 1. The van der Waals surface area contributed by atoms with E-state index in [9.17, 15) is 0 Å². The van der Waals surface area contributed by atoms with Gasteiger partial charge in [-0.1, -0.05) is 0 Å². The summed E-state index contributed by atoms with van der Waals surface area (Å²) in [7, 11) is 4.07. The molecule has 1 aromatic carbocycles. The van der Waals surface area contributed by atoms with Crippen LogP contribution in [-0.4, -0.2) is 24.9 Å². The van der Waals surface area contributed by atoms with Gasteiger partial charge in [0.25, 0.3) is 0 Å². The number of nitrogens with zero attached hydrogens (tertiary/aromatic N) is 3. The summed E-state index contributed by atoms with van der Waals surface area (Å²) in [5.74, 6) is 0. The number of benzene rings is 1. The van der Waals surface area contributed by atoms with Crippen molar-refractivity contribution in [3.63, 3.8) is 0 Å². The van der Waals surface area contributed by atoms with Gasteiger partial charge in [0.2, 0.25) is 0 Å². The van der Waals surface area contributed by atoms with Gasteiger partial charge in [0.05, 0.1) is 17.6 Å². The molecule has 0 N–H and O–H groups in total. The van der Waals surface area contributed by atoms with E-state index in [0.29, 0.717) is 0 Å². The molecule has 94 valence electrons. The van der Waals surface area contributed by atoms with Gasteiger partial charge in [0.15, 0.2) is 0 Å². The molecule has 0 bridgehead atoms. The van der Waals surface area contributed by atoms with Crippen LogP contribution in [0.2, 0.25) is 0 Å². The fraction of sp³-hybridized carbons (Fsp3) is 0.267. The number of hydrogen-bond donors (Lipinski definition) is 0. The Morgan fingerprint density at radius 3 is 2.50 bits per heavy atom. The van der Waals surface area contributed by atoms with E-state index in [4.69, 9.17) is 0 Å². The zero-order chi connectivity index (χ0) is 13.0. The highest BCUT2D eigenvalue weighted by molar-refractivity contribution is 5.80. The Morgan fingerprint density at radius 1 is 1.17 bits per heavy atom. The molecule has 0 aliphatic rings. The molecule has 0 spiro atoms. The van der Waals surface area contributed by atoms with Crippen LogP contribution in [0.4, 0.5) is 11.4 Å². The zero-order valence-corrected chi connectivity index (χ0v) is 11.2. The summed E-state index contributed by atoms with van der Waals surface area (Å²) in [5, 5.41) is 0. The van der Waals surface area contributed by atoms with Gasteiger partial charge in [0, 0.05) is 32.5 Å². The Labute approximate surface area is 108 Å². The minimum atomic E-state index is 0.966. The van der Waals surface area contributed by atoms with Gasteiger partial charge in [0.1, 0.15) is 0 Å². The molecule has 2 rings (SSSR count). The average Bonchev–Trinajstić information content (AvgIpc) is 2.84. The summed E-state index contributed by atoms with van der Waals surface area (Å²) in [4.78, 5) is 6.57. The molecule has 3 nitrogen and oxygen atoms in total. The van der Waals surface area contributed by atoms with Gasteiger partial charge in [-0.15, -0.1) is 0 Å². The standard InChI is InChI=1S/C15H19N3/c1-4-18-11-5-6-15(18)12-16-13-7-9-14(10-8-13)17(2)3/h5-12H,4H2,1-3H3. The van der Waals surface area contributed by atoms with E-state index in [1.807, 2.05) is 38.5 Å². The Bertz CT molecular complexity index is 521. The van der Waals surface area contributed by atoms with Crippen molar-refractivity contribution in [1.82, 2.24) is 4.57 Å². The van der Waals surface area contributed by atoms with Crippen molar-refractivity contribution in [1.29, 1.82) is 0 Å². The molecule has 0 atom stereocenters. The molecule has 0 amide bonds. The number of anilines is 1. The lowest BCUT2D eigenvalue weighted by Gasteiger charge is -2.11. The minimum absolute atomic E-state index is 0.966. The Kier molecular flexibility index (Phi) is 3.82. The summed E-state index contributed by atoms with van der Waals surface area (Å²) < 4.78 is 2.16. The van der Waals surface area contributed by atoms with E-state index in [0.717, 1.165) is 17.9 Å². The molecule has 18 heavy (non-hydrogen) atoms. The predicted octanol–water partition coefficient (Wildman–Crippen LogP) is 3.32. The maximum absolute atomic E-state index is 4.49. The fourth-order valence-corrected chi connectivity index (χ4v) is 1.81. The minimum Gasteiger partial charge on any atom is -0.378 e. The summed E-state index contributed by atoms with van der Waals surface area (Å²) in [5.41, 5.74) is 3.30. The van der Waals surface area contributed by atoms with Crippen LogP contribution in [0.25, 0.3) is 0 Å². The van der Waals surface area contributed by atoms with Crippen molar-refractivity contribution in [2.45, 2.75) is 13.5 Å². The van der Waals surface area contributed by atoms with Crippen LogP contribution in [0.15, 0.2) is 47.6 Å². The third-order valence-electron chi connectivity index (χ3n) is 2.92. The first-order valence-corrected chi connectivity index (χ1v) is 6.17. The van der Waals surface area contributed by atoms with E-state index >= 15 is 0 Å². The molecular formula is C15H19N3. The van der Waals surface area contributed by atoms with Crippen LogP contribution in [0.5, 0.6) is 0 Å². The van der Waals surface area contributed by atoms with Crippen molar-refractivity contribution >= 4 is 17.6 Å². The molecule has 2 aromatic rings. The highest BCUT2D eigenvalue weighted by Crippen LogP contribution is 2.18. The van der Waals surface area contributed by atoms with Gasteiger partial charge < -0.3 is 9.47 Å². The lowest BCUT2D eigenvalue weighted by molar-refractivity contribution is 0.764. The van der Waals surface area contributed by atoms with E-state index in [1.54, 1.807) is 0 Å². The summed E-state index contributed by atoms with van der Waals surface area (Å²) >= 11 is 0. The smallest absolute Gasteiger partial charge is 0.0632 e. The van der Waals surface area contributed by atoms with Crippen molar-refractivity contribution in [2.24, 2.45) is 4.99 Å². The molecule has 0 unspecified atom stereocenters. The molecular weight excluding hydrogens is 222 g/mol. The van der Waals surface area contributed by atoms with Crippen LogP contribution >= 0.6 is 0 Å². The normalized spacial score (nSPS) is 11.1. The van der Waals surface area contributed by atoms with E-state index in [2.05, 4.69) is 45.8 Å². The molecule has 0 aliphatic carbocycles. The van der Waals surface area contributed by atoms with Gasteiger partial charge in [-0.05, 0) is 43.3 Å². The number of hydrogen-bond acceptors (Lipinski definition) is 2. The quantitative estimate of drug-likeness (QED) is 0.752. The Hall–Kier alpha value is -2.03. The third kappa shape index (κ3) is 2.80. The third-order valence-corrected chi connectivity index (χ3v) is 2.92. The largest absolute Gasteiger partial charge is 0.378 e. The first-order chi connectivity index (χ1) is 8.70. The van der Waals surface area contributed by atoms with Crippen LogP contribution in [0.3, 0.4) is 0 Å². The second-order valence-corrected chi connectivity index (χ2v) is 4.39. The molecule has 0 aliphatic heterocycles. The highest BCUT2D eigenvalue weighted by atomic mass is 15.1. The molecule has 3 heteroatoms. The van der Waals surface area contributed by atoms with Crippen LogP contribution in [0.1, 0.15) is 12.6 Å². The first kappa shape index (κ1) is 12.4. The number of aromatic nitrogens is 1. The summed E-state index contributed by atoms with van der Waals surface area (Å²) in [6.45, 7) is 3.09. The monoisotopic (exact) mass is 241 g/mol. The maximum Gasteiger partial charge on any atom is 0.0632 e. The highest BCUT2D eigenvalue weighted by Gasteiger charge is 1.96. The van der Waals surface area contributed by atoms with Crippen molar-refractivity contribution < 1.29 is 0 Å². The van der Waals surface area contributed by atoms with E-state index < -0.39 is 0 Å². The Morgan fingerprint density at radius 2 is 1.89 bits per heavy atom. The van der Waals surface area contributed by atoms with Crippen molar-refractivity contribution in [3.05, 3.63) is 48.3 Å². The van der Waals surface area contributed by atoms with Crippen LogP contribution < -0.4 is 4.90 Å². The van der Waals surface area contributed by atoms with Crippen LogP contribution in [0, 0.1) is 0 Å².